The fourth-order valence-corrected chi connectivity index (χ4v) is 3.17. The van der Waals surface area contributed by atoms with Crippen molar-refractivity contribution in [3.05, 3.63) is 24.3 Å². The summed E-state index contributed by atoms with van der Waals surface area (Å²) >= 11 is 0. The highest BCUT2D eigenvalue weighted by atomic mass is 16.5. The Kier molecular flexibility index (Phi) is 4.92. The van der Waals surface area contributed by atoms with Gasteiger partial charge in [0.15, 0.2) is 0 Å². The Bertz CT molecular complexity index is 408. The van der Waals surface area contributed by atoms with Crippen LogP contribution >= 0.6 is 0 Å². The molecule has 1 saturated carbocycles. The molecule has 3 nitrogen and oxygen atoms in total. The Labute approximate surface area is 122 Å². The molecule has 0 radical (unpaired) electrons. The molecule has 20 heavy (non-hydrogen) atoms. The molecule has 1 N–H and O–H groups in total. The van der Waals surface area contributed by atoms with Gasteiger partial charge in [-0.15, -0.1) is 0 Å². The first kappa shape index (κ1) is 15.2. The number of benzene rings is 1. The van der Waals surface area contributed by atoms with Crippen molar-refractivity contribution in [2.75, 3.05) is 32.2 Å². The van der Waals surface area contributed by atoms with Crippen molar-refractivity contribution in [1.29, 1.82) is 0 Å². The molecular formula is C17H27NO2. The van der Waals surface area contributed by atoms with E-state index >= 15 is 0 Å². The lowest BCUT2D eigenvalue weighted by molar-refractivity contribution is 0.0740. The number of methoxy groups -OCH3 is 1. The molecule has 1 fully saturated rings. The first-order chi connectivity index (χ1) is 9.58. The first-order valence-electron chi connectivity index (χ1n) is 7.55. The Morgan fingerprint density at radius 1 is 1.25 bits per heavy atom. The lowest BCUT2D eigenvalue weighted by Gasteiger charge is -2.41. The van der Waals surface area contributed by atoms with Crippen molar-refractivity contribution in [1.82, 2.24) is 0 Å². The van der Waals surface area contributed by atoms with Gasteiger partial charge < -0.3 is 14.7 Å². The van der Waals surface area contributed by atoms with Crippen molar-refractivity contribution in [3.63, 3.8) is 0 Å². The van der Waals surface area contributed by atoms with Crippen LogP contribution in [0.4, 0.5) is 5.69 Å². The summed E-state index contributed by atoms with van der Waals surface area (Å²) in [6, 6.07) is 8.13. The van der Waals surface area contributed by atoms with E-state index in [1.165, 1.54) is 18.5 Å². The second kappa shape index (κ2) is 6.49. The van der Waals surface area contributed by atoms with Gasteiger partial charge in [-0.05, 0) is 43.0 Å². The molecule has 2 rings (SSSR count). The maximum atomic E-state index is 9.86. The third-order valence-corrected chi connectivity index (χ3v) is 4.76. The second-order valence-electron chi connectivity index (χ2n) is 6.39. The number of hydrogen-bond donors (Lipinski definition) is 1. The summed E-state index contributed by atoms with van der Waals surface area (Å²) < 4.78 is 5.19. The van der Waals surface area contributed by atoms with E-state index in [4.69, 9.17) is 4.74 Å². The SMILES string of the molecule is COc1ccc(N(C)CC2(CO)CCC(C)CC2)cc1. The van der Waals surface area contributed by atoms with Crippen LogP contribution in [-0.4, -0.2) is 32.4 Å². The number of hydrogen-bond acceptors (Lipinski definition) is 3. The zero-order valence-electron chi connectivity index (χ0n) is 12.9. The van der Waals surface area contributed by atoms with Gasteiger partial charge in [-0.1, -0.05) is 19.8 Å². The molecular weight excluding hydrogens is 250 g/mol. The van der Waals surface area contributed by atoms with Crippen LogP contribution in [0.2, 0.25) is 0 Å². The standard InChI is InChI=1S/C17H27NO2/c1-14-8-10-17(13-19,11-9-14)12-18(2)15-4-6-16(20-3)7-5-15/h4-7,14,19H,8-13H2,1-3H3. The van der Waals surface area contributed by atoms with E-state index in [1.54, 1.807) is 7.11 Å². The molecule has 1 aliphatic rings. The monoisotopic (exact) mass is 277 g/mol. The number of aliphatic hydroxyl groups is 1. The fraction of sp³-hybridized carbons (Fsp3) is 0.647. The van der Waals surface area contributed by atoms with Gasteiger partial charge in [0.05, 0.1) is 13.7 Å². The predicted molar refractivity (Wildman–Crippen MR) is 83.4 cm³/mol. The van der Waals surface area contributed by atoms with Crippen molar-refractivity contribution >= 4 is 5.69 Å². The van der Waals surface area contributed by atoms with Crippen LogP contribution in [0.15, 0.2) is 24.3 Å². The Balaban J connectivity index is 2.02. The molecule has 0 unspecified atom stereocenters. The molecule has 1 aromatic rings. The van der Waals surface area contributed by atoms with E-state index in [0.29, 0.717) is 6.61 Å². The molecule has 0 aromatic heterocycles. The average molecular weight is 277 g/mol. The molecule has 0 spiro atoms. The molecule has 3 heteroatoms. The van der Waals surface area contributed by atoms with E-state index < -0.39 is 0 Å². The highest BCUT2D eigenvalue weighted by molar-refractivity contribution is 5.48. The van der Waals surface area contributed by atoms with Crippen LogP contribution in [0, 0.1) is 11.3 Å². The number of aliphatic hydroxyl groups excluding tert-OH is 1. The van der Waals surface area contributed by atoms with Crippen LogP contribution in [0.25, 0.3) is 0 Å². The predicted octanol–water partition coefficient (Wildman–Crippen LogP) is 3.32. The molecule has 0 aliphatic heterocycles. The first-order valence-corrected chi connectivity index (χ1v) is 7.55. The summed E-state index contributed by atoms with van der Waals surface area (Å²) in [5.41, 5.74) is 1.25. The average Bonchev–Trinajstić information content (AvgIpc) is 2.50. The quantitative estimate of drug-likeness (QED) is 0.896. The minimum atomic E-state index is 0.0706. The van der Waals surface area contributed by atoms with Gasteiger partial charge in [0, 0.05) is 24.7 Å². The third kappa shape index (κ3) is 3.45. The molecule has 0 amide bonds. The minimum Gasteiger partial charge on any atom is -0.497 e. The van der Waals surface area contributed by atoms with Gasteiger partial charge in [0.25, 0.3) is 0 Å². The van der Waals surface area contributed by atoms with Crippen LogP contribution in [0.5, 0.6) is 5.75 Å². The minimum absolute atomic E-state index is 0.0706. The van der Waals surface area contributed by atoms with Gasteiger partial charge >= 0.3 is 0 Å². The van der Waals surface area contributed by atoms with E-state index in [0.717, 1.165) is 31.1 Å². The summed E-state index contributed by atoms with van der Waals surface area (Å²) in [4.78, 5) is 2.26. The number of rotatable bonds is 5. The molecule has 0 heterocycles. The zero-order valence-corrected chi connectivity index (χ0v) is 12.9. The largest absolute Gasteiger partial charge is 0.497 e. The Morgan fingerprint density at radius 3 is 2.35 bits per heavy atom. The van der Waals surface area contributed by atoms with Crippen molar-refractivity contribution in [2.45, 2.75) is 32.6 Å². The van der Waals surface area contributed by atoms with Crippen LogP contribution < -0.4 is 9.64 Å². The number of nitrogens with zero attached hydrogens (tertiary/aromatic N) is 1. The summed E-state index contributed by atoms with van der Waals surface area (Å²) in [6.07, 6.45) is 4.73. The van der Waals surface area contributed by atoms with E-state index in [-0.39, 0.29) is 5.41 Å². The van der Waals surface area contributed by atoms with Gasteiger partial charge in [-0.25, -0.2) is 0 Å². The van der Waals surface area contributed by atoms with Crippen molar-refractivity contribution in [3.8, 4) is 5.75 Å². The molecule has 1 aliphatic carbocycles. The highest BCUT2D eigenvalue weighted by Gasteiger charge is 2.34. The summed E-state index contributed by atoms with van der Waals surface area (Å²) in [7, 11) is 3.79. The van der Waals surface area contributed by atoms with Crippen molar-refractivity contribution in [2.24, 2.45) is 11.3 Å². The lowest BCUT2D eigenvalue weighted by atomic mass is 9.71. The van der Waals surface area contributed by atoms with Gasteiger partial charge in [0.2, 0.25) is 0 Å². The molecule has 1 aromatic carbocycles. The molecule has 0 bridgehead atoms. The van der Waals surface area contributed by atoms with Crippen LogP contribution in [0.1, 0.15) is 32.6 Å². The van der Waals surface area contributed by atoms with E-state index in [9.17, 15) is 5.11 Å². The van der Waals surface area contributed by atoms with Crippen LogP contribution in [0.3, 0.4) is 0 Å². The third-order valence-electron chi connectivity index (χ3n) is 4.76. The Hall–Kier alpha value is -1.22. The van der Waals surface area contributed by atoms with Crippen LogP contribution in [-0.2, 0) is 0 Å². The zero-order chi connectivity index (χ0) is 14.6. The van der Waals surface area contributed by atoms with Crippen molar-refractivity contribution < 1.29 is 9.84 Å². The Morgan fingerprint density at radius 2 is 1.85 bits per heavy atom. The van der Waals surface area contributed by atoms with E-state index in [1.807, 2.05) is 12.1 Å². The molecule has 112 valence electrons. The van der Waals surface area contributed by atoms with E-state index in [2.05, 4.69) is 31.0 Å². The van der Waals surface area contributed by atoms with Gasteiger partial charge in [0.1, 0.15) is 5.75 Å². The molecule has 0 atom stereocenters. The summed E-state index contributed by atoms with van der Waals surface area (Å²) in [5.74, 6) is 1.69. The fourth-order valence-electron chi connectivity index (χ4n) is 3.17. The topological polar surface area (TPSA) is 32.7 Å². The summed E-state index contributed by atoms with van der Waals surface area (Å²) in [5, 5.41) is 9.86. The maximum absolute atomic E-state index is 9.86. The second-order valence-corrected chi connectivity index (χ2v) is 6.39. The highest BCUT2D eigenvalue weighted by Crippen LogP contribution is 2.39. The smallest absolute Gasteiger partial charge is 0.119 e. The van der Waals surface area contributed by atoms with Gasteiger partial charge in [-0.3, -0.25) is 0 Å². The summed E-state index contributed by atoms with van der Waals surface area (Å²) in [6.45, 7) is 3.53. The normalized spacial score (nSPS) is 26.3. The maximum Gasteiger partial charge on any atom is 0.119 e. The van der Waals surface area contributed by atoms with Gasteiger partial charge in [-0.2, -0.15) is 0 Å². The molecule has 0 saturated heterocycles. The lowest BCUT2D eigenvalue weighted by Crippen LogP contribution is -2.41. The number of anilines is 1. The number of ether oxygens (including phenoxy) is 1.